The SMILES string of the molecule is CCSc1nc(N2CCOCC2)cc(C)c1C(=O)NCc1ccc(F)c(CO)c1. The van der Waals surface area contributed by atoms with Crippen LogP contribution in [0.4, 0.5) is 10.2 Å². The number of carbonyl (C=O) groups excluding carboxylic acids is 1. The number of aryl methyl sites for hydroxylation is 1. The van der Waals surface area contributed by atoms with Crippen LogP contribution in [0.3, 0.4) is 0 Å². The number of ether oxygens (including phenoxy) is 1. The van der Waals surface area contributed by atoms with Crippen molar-refractivity contribution in [1.82, 2.24) is 10.3 Å². The van der Waals surface area contributed by atoms with Gasteiger partial charge in [0, 0.05) is 25.2 Å². The van der Waals surface area contributed by atoms with E-state index in [1.165, 1.54) is 17.8 Å². The molecule has 3 rings (SSSR count). The molecule has 1 aliphatic rings. The van der Waals surface area contributed by atoms with Crippen molar-refractivity contribution in [3.05, 3.63) is 52.3 Å². The van der Waals surface area contributed by atoms with Crippen molar-refractivity contribution in [3.63, 3.8) is 0 Å². The quantitative estimate of drug-likeness (QED) is 0.673. The summed E-state index contributed by atoms with van der Waals surface area (Å²) in [6.45, 7) is 6.73. The van der Waals surface area contributed by atoms with E-state index >= 15 is 0 Å². The standard InChI is InChI=1S/C21H26FN3O3S/c1-3-29-21-19(14(2)10-18(24-21)25-6-8-28-9-7-25)20(27)23-12-15-4-5-17(22)16(11-15)13-26/h4-5,10-11,26H,3,6-9,12-13H2,1-2H3,(H,23,27). The summed E-state index contributed by atoms with van der Waals surface area (Å²) in [7, 11) is 0. The fourth-order valence-corrected chi connectivity index (χ4v) is 4.06. The van der Waals surface area contributed by atoms with Crippen molar-refractivity contribution in [1.29, 1.82) is 0 Å². The van der Waals surface area contributed by atoms with Crippen LogP contribution in [0.15, 0.2) is 29.3 Å². The van der Waals surface area contributed by atoms with Gasteiger partial charge in [-0.3, -0.25) is 4.79 Å². The highest BCUT2D eigenvalue weighted by Gasteiger charge is 2.21. The predicted molar refractivity (Wildman–Crippen MR) is 112 cm³/mol. The highest BCUT2D eigenvalue weighted by molar-refractivity contribution is 7.99. The number of halogens is 1. The van der Waals surface area contributed by atoms with Gasteiger partial charge in [-0.15, -0.1) is 11.8 Å². The van der Waals surface area contributed by atoms with E-state index in [4.69, 9.17) is 9.72 Å². The number of amides is 1. The molecule has 1 fully saturated rings. The van der Waals surface area contributed by atoms with Gasteiger partial charge in [-0.2, -0.15) is 0 Å². The highest BCUT2D eigenvalue weighted by Crippen LogP contribution is 2.28. The highest BCUT2D eigenvalue weighted by atomic mass is 32.2. The minimum Gasteiger partial charge on any atom is -0.392 e. The number of aliphatic hydroxyl groups is 1. The van der Waals surface area contributed by atoms with Crippen LogP contribution in [0, 0.1) is 12.7 Å². The maximum atomic E-state index is 13.5. The number of rotatable bonds is 7. The summed E-state index contributed by atoms with van der Waals surface area (Å²) in [6, 6.07) is 6.41. The molecule has 6 nitrogen and oxygen atoms in total. The predicted octanol–water partition coefficient (Wildman–Crippen LogP) is 2.90. The minimum absolute atomic E-state index is 0.214. The zero-order valence-electron chi connectivity index (χ0n) is 16.7. The average Bonchev–Trinajstić information content (AvgIpc) is 2.73. The molecular weight excluding hydrogens is 393 g/mol. The zero-order chi connectivity index (χ0) is 20.8. The molecule has 1 aromatic heterocycles. The Morgan fingerprint density at radius 3 is 2.79 bits per heavy atom. The number of carbonyl (C=O) groups is 1. The van der Waals surface area contributed by atoms with Gasteiger partial charge in [0.1, 0.15) is 16.7 Å². The van der Waals surface area contributed by atoms with Gasteiger partial charge in [0.15, 0.2) is 0 Å². The molecule has 29 heavy (non-hydrogen) atoms. The van der Waals surface area contributed by atoms with E-state index in [-0.39, 0.29) is 24.6 Å². The molecule has 0 aliphatic carbocycles. The first-order valence-electron chi connectivity index (χ1n) is 9.67. The summed E-state index contributed by atoms with van der Waals surface area (Å²) >= 11 is 1.54. The van der Waals surface area contributed by atoms with Gasteiger partial charge in [0.05, 0.1) is 25.4 Å². The normalized spacial score (nSPS) is 14.1. The third-order valence-electron chi connectivity index (χ3n) is 4.75. The van der Waals surface area contributed by atoms with Crippen molar-refractivity contribution in [2.75, 3.05) is 37.0 Å². The maximum absolute atomic E-state index is 13.5. The van der Waals surface area contributed by atoms with Gasteiger partial charge in [0.2, 0.25) is 0 Å². The van der Waals surface area contributed by atoms with E-state index in [2.05, 4.69) is 10.2 Å². The van der Waals surface area contributed by atoms with Gasteiger partial charge in [-0.05, 0) is 42.0 Å². The number of thioether (sulfide) groups is 1. The second-order valence-electron chi connectivity index (χ2n) is 6.78. The Balaban J connectivity index is 1.79. The Hall–Kier alpha value is -2.16. The van der Waals surface area contributed by atoms with E-state index in [1.807, 2.05) is 19.9 Å². The summed E-state index contributed by atoms with van der Waals surface area (Å²) in [5.74, 6) is 0.999. The van der Waals surface area contributed by atoms with Crippen molar-refractivity contribution in [3.8, 4) is 0 Å². The number of hydrogen-bond donors (Lipinski definition) is 2. The van der Waals surface area contributed by atoms with Crippen molar-refractivity contribution in [2.24, 2.45) is 0 Å². The molecule has 2 aromatic rings. The summed E-state index contributed by atoms with van der Waals surface area (Å²) in [5.41, 5.74) is 2.37. The topological polar surface area (TPSA) is 74.7 Å². The second-order valence-corrected chi connectivity index (χ2v) is 8.03. The smallest absolute Gasteiger partial charge is 0.254 e. The van der Waals surface area contributed by atoms with E-state index in [1.54, 1.807) is 12.1 Å². The molecule has 1 aliphatic heterocycles. The number of anilines is 1. The fourth-order valence-electron chi connectivity index (χ4n) is 3.23. The molecule has 0 spiro atoms. The van der Waals surface area contributed by atoms with Crippen LogP contribution in [-0.4, -0.2) is 48.1 Å². The van der Waals surface area contributed by atoms with Crippen LogP contribution < -0.4 is 10.2 Å². The Morgan fingerprint density at radius 1 is 1.34 bits per heavy atom. The Kier molecular flexibility index (Phi) is 7.46. The van der Waals surface area contributed by atoms with E-state index in [0.29, 0.717) is 23.8 Å². The molecule has 2 N–H and O–H groups in total. The third kappa shape index (κ3) is 5.26. The number of nitrogens with zero attached hydrogens (tertiary/aromatic N) is 2. The number of aromatic nitrogens is 1. The summed E-state index contributed by atoms with van der Waals surface area (Å²) in [5, 5.41) is 12.8. The molecule has 1 amide bonds. The molecule has 0 bridgehead atoms. The first-order chi connectivity index (χ1) is 14.0. The van der Waals surface area contributed by atoms with E-state index in [9.17, 15) is 14.3 Å². The van der Waals surface area contributed by atoms with Crippen LogP contribution in [0.5, 0.6) is 0 Å². The lowest BCUT2D eigenvalue weighted by atomic mass is 10.1. The van der Waals surface area contributed by atoms with Crippen molar-refractivity contribution in [2.45, 2.75) is 32.0 Å². The lowest BCUT2D eigenvalue weighted by Gasteiger charge is -2.28. The second kappa shape index (κ2) is 10.0. The van der Waals surface area contributed by atoms with Gasteiger partial charge in [-0.25, -0.2) is 9.37 Å². The first-order valence-corrected chi connectivity index (χ1v) is 10.7. The van der Waals surface area contributed by atoms with Crippen LogP contribution >= 0.6 is 11.8 Å². The monoisotopic (exact) mass is 419 g/mol. The number of pyridine rings is 1. The first kappa shape index (κ1) is 21.5. The molecule has 1 saturated heterocycles. The van der Waals surface area contributed by atoms with Crippen LogP contribution in [-0.2, 0) is 17.9 Å². The number of morpholine rings is 1. The van der Waals surface area contributed by atoms with E-state index in [0.717, 1.165) is 35.8 Å². The molecule has 2 heterocycles. The fraction of sp³-hybridized carbons (Fsp3) is 0.429. The van der Waals surface area contributed by atoms with Crippen LogP contribution in [0.25, 0.3) is 0 Å². The summed E-state index contributed by atoms with van der Waals surface area (Å²) in [6.07, 6.45) is 0. The third-order valence-corrected chi connectivity index (χ3v) is 5.60. The van der Waals surface area contributed by atoms with Gasteiger partial charge >= 0.3 is 0 Å². The number of benzene rings is 1. The Morgan fingerprint density at radius 2 is 2.10 bits per heavy atom. The summed E-state index contributed by atoms with van der Waals surface area (Å²) in [4.78, 5) is 19.8. The lowest BCUT2D eigenvalue weighted by Crippen LogP contribution is -2.37. The van der Waals surface area contributed by atoms with Gasteiger partial charge in [0.25, 0.3) is 5.91 Å². The molecule has 0 saturated carbocycles. The van der Waals surface area contributed by atoms with Gasteiger partial charge < -0.3 is 20.1 Å². The molecular formula is C21H26FN3O3S. The summed E-state index contributed by atoms with van der Waals surface area (Å²) < 4.78 is 19.0. The number of hydrogen-bond acceptors (Lipinski definition) is 6. The van der Waals surface area contributed by atoms with Crippen LogP contribution in [0.2, 0.25) is 0 Å². The maximum Gasteiger partial charge on any atom is 0.254 e. The molecule has 0 unspecified atom stereocenters. The minimum atomic E-state index is -0.456. The lowest BCUT2D eigenvalue weighted by molar-refractivity contribution is 0.0946. The molecule has 8 heteroatoms. The molecule has 156 valence electrons. The molecule has 0 radical (unpaired) electrons. The van der Waals surface area contributed by atoms with Crippen LogP contribution in [0.1, 0.15) is 34.0 Å². The van der Waals surface area contributed by atoms with Crippen molar-refractivity contribution >= 4 is 23.5 Å². The zero-order valence-corrected chi connectivity index (χ0v) is 17.5. The molecule has 1 aromatic carbocycles. The number of nitrogens with one attached hydrogen (secondary N) is 1. The van der Waals surface area contributed by atoms with Crippen molar-refractivity contribution < 1.29 is 19.0 Å². The Bertz CT molecular complexity index is 872. The Labute approximate surface area is 174 Å². The van der Waals surface area contributed by atoms with Gasteiger partial charge in [-0.1, -0.05) is 13.0 Å². The average molecular weight is 420 g/mol. The van der Waals surface area contributed by atoms with E-state index < -0.39 is 5.82 Å². The molecule has 0 atom stereocenters. The largest absolute Gasteiger partial charge is 0.392 e. The number of aliphatic hydroxyl groups excluding tert-OH is 1.